The van der Waals surface area contributed by atoms with Crippen molar-refractivity contribution in [2.45, 2.75) is 12.8 Å². The number of furan rings is 1. The number of ether oxygens (including phenoxy) is 1. The number of methoxy groups -OCH3 is 1. The first-order valence-electron chi connectivity index (χ1n) is 5.61. The van der Waals surface area contributed by atoms with Gasteiger partial charge in [-0.1, -0.05) is 12.1 Å². The molecule has 0 N–H and O–H groups in total. The van der Waals surface area contributed by atoms with Crippen LogP contribution in [-0.4, -0.2) is 13.1 Å². The van der Waals surface area contributed by atoms with Gasteiger partial charge in [-0.15, -0.1) is 0 Å². The van der Waals surface area contributed by atoms with Gasteiger partial charge in [-0.3, -0.25) is 4.79 Å². The minimum Gasteiger partial charge on any atom is -0.469 e. The fourth-order valence-corrected chi connectivity index (χ4v) is 1.65. The highest BCUT2D eigenvalue weighted by atomic mass is 19.1. The van der Waals surface area contributed by atoms with Gasteiger partial charge in [-0.25, -0.2) is 4.39 Å². The van der Waals surface area contributed by atoms with Crippen molar-refractivity contribution in [3.05, 3.63) is 48.0 Å². The minimum atomic E-state index is -0.327. The van der Waals surface area contributed by atoms with Crippen molar-refractivity contribution < 1.29 is 18.3 Å². The molecule has 0 atom stereocenters. The molecule has 0 spiro atoms. The second kappa shape index (κ2) is 5.49. The molecule has 1 aromatic carbocycles. The highest BCUT2D eigenvalue weighted by Gasteiger charge is 2.10. The van der Waals surface area contributed by atoms with Gasteiger partial charge in [0.15, 0.2) is 0 Å². The lowest BCUT2D eigenvalue weighted by molar-refractivity contribution is -0.140. The Hall–Kier alpha value is -2.10. The number of rotatable bonds is 4. The number of halogens is 1. The quantitative estimate of drug-likeness (QED) is 0.780. The molecule has 0 radical (unpaired) electrons. The lowest BCUT2D eigenvalue weighted by atomic mass is 10.1. The normalized spacial score (nSPS) is 10.3. The van der Waals surface area contributed by atoms with Crippen LogP contribution in [0.2, 0.25) is 0 Å². The lowest BCUT2D eigenvalue weighted by Gasteiger charge is -1.99. The maximum absolute atomic E-state index is 13.5. The third kappa shape index (κ3) is 2.77. The number of hydrogen-bond donors (Lipinski definition) is 0. The fraction of sp³-hybridized carbons (Fsp3) is 0.214. The number of benzene rings is 1. The van der Waals surface area contributed by atoms with Gasteiger partial charge in [0.05, 0.1) is 19.1 Å². The SMILES string of the molecule is COC(=O)CCc1ccc(-c2ccccc2F)o1. The van der Waals surface area contributed by atoms with Gasteiger partial charge in [0.2, 0.25) is 0 Å². The van der Waals surface area contributed by atoms with Gasteiger partial charge in [-0.05, 0) is 24.3 Å². The van der Waals surface area contributed by atoms with Crippen molar-refractivity contribution in [1.82, 2.24) is 0 Å². The molecule has 0 unspecified atom stereocenters. The van der Waals surface area contributed by atoms with Crippen molar-refractivity contribution in [2.24, 2.45) is 0 Å². The first-order chi connectivity index (χ1) is 8.70. The van der Waals surface area contributed by atoms with Crippen molar-refractivity contribution >= 4 is 5.97 Å². The van der Waals surface area contributed by atoms with Crippen LogP contribution < -0.4 is 0 Å². The summed E-state index contributed by atoms with van der Waals surface area (Å²) >= 11 is 0. The van der Waals surface area contributed by atoms with Crippen LogP contribution in [0.5, 0.6) is 0 Å². The predicted octanol–water partition coefficient (Wildman–Crippen LogP) is 3.19. The molecule has 0 bridgehead atoms. The topological polar surface area (TPSA) is 39.4 Å². The summed E-state index contributed by atoms with van der Waals surface area (Å²) in [6.45, 7) is 0. The van der Waals surface area contributed by atoms with Crippen LogP contribution in [0.15, 0.2) is 40.8 Å². The maximum Gasteiger partial charge on any atom is 0.305 e. The molecule has 94 valence electrons. The van der Waals surface area contributed by atoms with Crippen molar-refractivity contribution in [3.63, 3.8) is 0 Å². The van der Waals surface area contributed by atoms with Crippen LogP contribution in [0.4, 0.5) is 4.39 Å². The average Bonchev–Trinajstić information content (AvgIpc) is 2.85. The van der Waals surface area contributed by atoms with Crippen LogP contribution in [0.25, 0.3) is 11.3 Å². The zero-order valence-electron chi connectivity index (χ0n) is 9.98. The molecule has 0 amide bonds. The molecular weight excluding hydrogens is 235 g/mol. The summed E-state index contributed by atoms with van der Waals surface area (Å²) < 4.78 is 23.6. The fourth-order valence-electron chi connectivity index (χ4n) is 1.65. The lowest BCUT2D eigenvalue weighted by Crippen LogP contribution is -2.01. The molecule has 0 aliphatic carbocycles. The first-order valence-corrected chi connectivity index (χ1v) is 5.61. The van der Waals surface area contributed by atoms with E-state index in [1.807, 2.05) is 0 Å². The molecule has 18 heavy (non-hydrogen) atoms. The van der Waals surface area contributed by atoms with Crippen LogP contribution in [0.3, 0.4) is 0 Å². The smallest absolute Gasteiger partial charge is 0.305 e. The number of esters is 1. The molecule has 4 heteroatoms. The van der Waals surface area contributed by atoms with Gasteiger partial charge in [0.1, 0.15) is 17.3 Å². The molecule has 0 fully saturated rings. The van der Waals surface area contributed by atoms with E-state index in [4.69, 9.17) is 4.42 Å². The summed E-state index contributed by atoms with van der Waals surface area (Å²) in [6.07, 6.45) is 0.696. The Morgan fingerprint density at radius 2 is 2.06 bits per heavy atom. The van der Waals surface area contributed by atoms with E-state index in [0.29, 0.717) is 23.5 Å². The van der Waals surface area contributed by atoms with Crippen molar-refractivity contribution in [1.29, 1.82) is 0 Å². The summed E-state index contributed by atoms with van der Waals surface area (Å²) in [5.74, 6) is 0.483. The first kappa shape index (κ1) is 12.4. The number of carbonyl (C=O) groups excluding carboxylic acids is 1. The largest absolute Gasteiger partial charge is 0.469 e. The highest BCUT2D eigenvalue weighted by Crippen LogP contribution is 2.25. The number of hydrogen-bond acceptors (Lipinski definition) is 3. The minimum absolute atomic E-state index is 0.251. The Balaban J connectivity index is 2.11. The molecule has 0 saturated carbocycles. The van der Waals surface area contributed by atoms with E-state index in [1.54, 1.807) is 30.3 Å². The number of carbonyl (C=O) groups is 1. The van der Waals surface area contributed by atoms with E-state index in [-0.39, 0.29) is 18.2 Å². The molecule has 1 aromatic heterocycles. The Morgan fingerprint density at radius 1 is 1.28 bits per heavy atom. The predicted molar refractivity (Wildman–Crippen MR) is 64.4 cm³/mol. The Bertz CT molecular complexity index is 545. The Labute approximate surface area is 104 Å². The van der Waals surface area contributed by atoms with Crippen molar-refractivity contribution in [2.75, 3.05) is 7.11 Å². The Kier molecular flexibility index (Phi) is 3.77. The second-order valence-electron chi connectivity index (χ2n) is 3.82. The average molecular weight is 248 g/mol. The number of aryl methyl sites for hydroxylation is 1. The van der Waals surface area contributed by atoms with Gasteiger partial charge >= 0.3 is 5.97 Å². The van der Waals surface area contributed by atoms with Gasteiger partial charge in [-0.2, -0.15) is 0 Å². The van der Waals surface area contributed by atoms with Crippen LogP contribution >= 0.6 is 0 Å². The van der Waals surface area contributed by atoms with E-state index in [0.717, 1.165) is 0 Å². The molecule has 0 aliphatic heterocycles. The summed E-state index contributed by atoms with van der Waals surface area (Å²) in [6, 6.07) is 9.84. The summed E-state index contributed by atoms with van der Waals surface area (Å²) in [5, 5.41) is 0. The molecular formula is C14H13FO3. The van der Waals surface area contributed by atoms with Crippen LogP contribution in [0, 0.1) is 5.82 Å². The molecule has 2 aromatic rings. The highest BCUT2D eigenvalue weighted by molar-refractivity contribution is 5.69. The van der Waals surface area contributed by atoms with E-state index in [1.165, 1.54) is 13.2 Å². The van der Waals surface area contributed by atoms with E-state index < -0.39 is 0 Å². The van der Waals surface area contributed by atoms with Crippen LogP contribution in [0.1, 0.15) is 12.2 Å². The summed E-state index contributed by atoms with van der Waals surface area (Å²) in [7, 11) is 1.34. The molecule has 0 saturated heterocycles. The van der Waals surface area contributed by atoms with E-state index >= 15 is 0 Å². The van der Waals surface area contributed by atoms with E-state index in [2.05, 4.69) is 4.74 Å². The second-order valence-corrected chi connectivity index (χ2v) is 3.82. The molecule has 3 nitrogen and oxygen atoms in total. The molecule has 1 heterocycles. The Morgan fingerprint density at radius 3 is 2.78 bits per heavy atom. The third-order valence-electron chi connectivity index (χ3n) is 2.60. The zero-order chi connectivity index (χ0) is 13.0. The summed E-state index contributed by atoms with van der Waals surface area (Å²) in [4.78, 5) is 11.0. The van der Waals surface area contributed by atoms with Crippen LogP contribution in [-0.2, 0) is 16.0 Å². The molecule has 2 rings (SSSR count). The van der Waals surface area contributed by atoms with Gasteiger partial charge < -0.3 is 9.15 Å². The van der Waals surface area contributed by atoms with Gasteiger partial charge in [0.25, 0.3) is 0 Å². The molecule has 0 aliphatic rings. The third-order valence-corrected chi connectivity index (χ3v) is 2.60. The summed E-state index contributed by atoms with van der Waals surface area (Å²) in [5.41, 5.74) is 0.418. The monoisotopic (exact) mass is 248 g/mol. The maximum atomic E-state index is 13.5. The van der Waals surface area contributed by atoms with Crippen molar-refractivity contribution in [3.8, 4) is 11.3 Å². The zero-order valence-corrected chi connectivity index (χ0v) is 9.98. The van der Waals surface area contributed by atoms with E-state index in [9.17, 15) is 9.18 Å². The standard InChI is InChI=1S/C14H13FO3/c1-17-14(16)9-7-10-6-8-13(18-10)11-4-2-3-5-12(11)15/h2-6,8H,7,9H2,1H3. The van der Waals surface area contributed by atoms with Gasteiger partial charge in [0, 0.05) is 6.42 Å².